The van der Waals surface area contributed by atoms with Gasteiger partial charge in [0.05, 0.1) is 22.1 Å². The lowest BCUT2D eigenvalue weighted by molar-refractivity contribution is 0.669. The Morgan fingerprint density at radius 2 is 0.719 bits per heavy atom. The van der Waals surface area contributed by atoms with Crippen LogP contribution in [0.3, 0.4) is 0 Å². The molecule has 13 aromatic rings. The Balaban J connectivity index is 0.904. The molecule has 3 aromatic heterocycles. The van der Waals surface area contributed by atoms with E-state index in [2.05, 4.69) is 251 Å². The first kappa shape index (κ1) is 36.1. The van der Waals surface area contributed by atoms with E-state index in [0.29, 0.717) is 0 Å². The van der Waals surface area contributed by atoms with Crippen LogP contribution in [0.15, 0.2) is 241 Å². The summed E-state index contributed by atoms with van der Waals surface area (Å²) >= 11 is 0. The van der Waals surface area contributed by atoms with Crippen LogP contribution in [0.5, 0.6) is 0 Å². The minimum atomic E-state index is 0.844. The van der Waals surface area contributed by atoms with Gasteiger partial charge in [-0.2, -0.15) is 0 Å². The Kier molecular flexibility index (Phi) is 8.18. The molecule has 0 fully saturated rings. The lowest BCUT2D eigenvalue weighted by atomic mass is 10.0. The number of furan rings is 1. The van der Waals surface area contributed by atoms with Crippen LogP contribution >= 0.6 is 0 Å². The van der Waals surface area contributed by atoms with Gasteiger partial charge in [0.1, 0.15) is 11.2 Å². The van der Waals surface area contributed by atoms with Gasteiger partial charge in [-0.3, -0.25) is 0 Å². The van der Waals surface area contributed by atoms with E-state index in [4.69, 9.17) is 4.42 Å². The highest BCUT2D eigenvalue weighted by molar-refractivity contribution is 6.11. The summed E-state index contributed by atoms with van der Waals surface area (Å²) in [5.41, 5.74) is 16.6. The highest BCUT2D eigenvalue weighted by Crippen LogP contribution is 2.42. The first-order chi connectivity index (χ1) is 31.7. The van der Waals surface area contributed by atoms with Crippen molar-refractivity contribution < 1.29 is 4.42 Å². The fourth-order valence-corrected chi connectivity index (χ4v) is 9.94. The van der Waals surface area contributed by atoms with Gasteiger partial charge in [-0.1, -0.05) is 140 Å². The number of nitrogens with zero attached hydrogens (tertiary/aromatic N) is 3. The van der Waals surface area contributed by atoms with E-state index in [-0.39, 0.29) is 0 Å². The Labute approximate surface area is 369 Å². The van der Waals surface area contributed by atoms with Crippen molar-refractivity contribution in [1.29, 1.82) is 0 Å². The highest BCUT2D eigenvalue weighted by Gasteiger charge is 2.19. The van der Waals surface area contributed by atoms with Gasteiger partial charge in [-0.15, -0.1) is 0 Å². The number of rotatable bonds is 7. The molecule has 0 amide bonds. The van der Waals surface area contributed by atoms with Gasteiger partial charge in [0.15, 0.2) is 0 Å². The summed E-state index contributed by atoms with van der Waals surface area (Å²) in [4.78, 5) is 2.32. The molecule has 4 heteroatoms. The molecule has 0 radical (unpaired) electrons. The zero-order chi connectivity index (χ0) is 42.1. The van der Waals surface area contributed by atoms with Crippen molar-refractivity contribution in [2.24, 2.45) is 0 Å². The molecule has 0 aliphatic rings. The largest absolute Gasteiger partial charge is 0.456 e. The van der Waals surface area contributed by atoms with E-state index in [1.165, 1.54) is 54.7 Å². The third-order valence-electron chi connectivity index (χ3n) is 12.9. The third-order valence-corrected chi connectivity index (χ3v) is 12.9. The molecule has 0 saturated heterocycles. The fourth-order valence-electron chi connectivity index (χ4n) is 9.94. The molecule has 300 valence electrons. The molecule has 10 aromatic carbocycles. The van der Waals surface area contributed by atoms with Crippen LogP contribution in [0.1, 0.15) is 0 Å². The van der Waals surface area contributed by atoms with Crippen LogP contribution in [0.25, 0.3) is 99.2 Å². The maximum Gasteiger partial charge on any atom is 0.137 e. The van der Waals surface area contributed by atoms with Crippen molar-refractivity contribution in [2.45, 2.75) is 0 Å². The summed E-state index contributed by atoms with van der Waals surface area (Å²) in [6.45, 7) is 0. The number of para-hydroxylation sites is 4. The van der Waals surface area contributed by atoms with Crippen molar-refractivity contribution in [3.05, 3.63) is 237 Å². The molecule has 0 saturated carbocycles. The van der Waals surface area contributed by atoms with Gasteiger partial charge in [-0.25, -0.2) is 0 Å². The third kappa shape index (κ3) is 5.77. The van der Waals surface area contributed by atoms with Crippen molar-refractivity contribution in [3.63, 3.8) is 0 Å². The topological polar surface area (TPSA) is 26.2 Å². The van der Waals surface area contributed by atoms with Crippen molar-refractivity contribution in [2.75, 3.05) is 4.90 Å². The van der Waals surface area contributed by atoms with E-state index in [1.54, 1.807) is 0 Å². The molecule has 3 heterocycles. The summed E-state index contributed by atoms with van der Waals surface area (Å²) in [5.74, 6) is 0. The number of anilines is 3. The molecule has 0 unspecified atom stereocenters. The standard InChI is InChI=1S/C60H39N3O/c1-2-13-40(14-3-1)41-25-29-44(30-26-41)61(45-31-27-42(28-32-45)43-15-12-16-46(37-43)62-55-21-8-4-17-49(55)50-18-5-9-22-56(50)62)48-33-35-53-54-38-47(34-36-59(54)64-60(53)39-48)63-57-23-10-6-19-51(57)52-20-7-11-24-58(52)63/h1-39H. The Hall–Kier alpha value is -8.60. The number of hydrogen-bond donors (Lipinski definition) is 0. The quantitative estimate of drug-likeness (QED) is 0.160. The number of aromatic nitrogens is 2. The minimum Gasteiger partial charge on any atom is -0.456 e. The molecule has 0 spiro atoms. The SMILES string of the molecule is c1ccc(-c2ccc(N(c3ccc(-c4cccc(-n5c6ccccc6c6ccccc65)c4)cc3)c3ccc4c(c3)oc3ccc(-n5c6ccccc6c6ccccc65)cc34)cc2)cc1. The molecule has 0 aliphatic carbocycles. The summed E-state index contributed by atoms with van der Waals surface area (Å²) in [6.07, 6.45) is 0. The zero-order valence-corrected chi connectivity index (χ0v) is 34.8. The Morgan fingerprint density at radius 3 is 1.28 bits per heavy atom. The number of hydrogen-bond acceptors (Lipinski definition) is 2. The predicted octanol–water partition coefficient (Wildman–Crippen LogP) is 16.6. The second-order valence-electron chi connectivity index (χ2n) is 16.5. The predicted molar refractivity (Wildman–Crippen MR) is 268 cm³/mol. The van der Waals surface area contributed by atoms with Crippen molar-refractivity contribution >= 4 is 82.6 Å². The first-order valence-corrected chi connectivity index (χ1v) is 21.8. The lowest BCUT2D eigenvalue weighted by Crippen LogP contribution is -2.09. The van der Waals surface area contributed by atoms with Crippen LogP contribution in [0.4, 0.5) is 17.1 Å². The molecular weight excluding hydrogens is 779 g/mol. The van der Waals surface area contributed by atoms with Crippen LogP contribution in [0.2, 0.25) is 0 Å². The summed E-state index contributed by atoms with van der Waals surface area (Å²) in [7, 11) is 0. The van der Waals surface area contributed by atoms with E-state index in [0.717, 1.165) is 61.5 Å². The normalized spacial score (nSPS) is 11.8. The van der Waals surface area contributed by atoms with Crippen LogP contribution in [-0.2, 0) is 0 Å². The van der Waals surface area contributed by atoms with Crippen LogP contribution in [-0.4, -0.2) is 9.13 Å². The second-order valence-corrected chi connectivity index (χ2v) is 16.5. The van der Waals surface area contributed by atoms with Crippen LogP contribution < -0.4 is 4.90 Å². The Bertz CT molecular complexity index is 3780. The Morgan fingerprint density at radius 1 is 0.266 bits per heavy atom. The fraction of sp³-hybridized carbons (Fsp3) is 0. The number of benzene rings is 10. The molecule has 0 N–H and O–H groups in total. The maximum atomic E-state index is 6.67. The molecule has 0 atom stereocenters. The smallest absolute Gasteiger partial charge is 0.137 e. The van der Waals surface area contributed by atoms with Gasteiger partial charge in [0.2, 0.25) is 0 Å². The molecule has 0 bridgehead atoms. The second kappa shape index (κ2) is 14.5. The van der Waals surface area contributed by atoms with Gasteiger partial charge >= 0.3 is 0 Å². The summed E-state index contributed by atoms with van der Waals surface area (Å²) in [6, 6.07) is 85.0. The molecule has 0 aliphatic heterocycles. The summed E-state index contributed by atoms with van der Waals surface area (Å²) < 4.78 is 11.4. The van der Waals surface area contributed by atoms with E-state index in [1.807, 2.05) is 0 Å². The van der Waals surface area contributed by atoms with Gasteiger partial charge in [0, 0.05) is 66.8 Å². The first-order valence-electron chi connectivity index (χ1n) is 21.8. The van der Waals surface area contributed by atoms with Crippen molar-refractivity contribution in [1.82, 2.24) is 9.13 Å². The molecule has 64 heavy (non-hydrogen) atoms. The lowest BCUT2D eigenvalue weighted by Gasteiger charge is -2.26. The van der Waals surface area contributed by atoms with Gasteiger partial charge in [-0.05, 0) is 113 Å². The van der Waals surface area contributed by atoms with Gasteiger partial charge < -0.3 is 18.5 Å². The molecule has 4 nitrogen and oxygen atoms in total. The zero-order valence-electron chi connectivity index (χ0n) is 34.8. The van der Waals surface area contributed by atoms with E-state index in [9.17, 15) is 0 Å². The molecule has 13 rings (SSSR count). The maximum absolute atomic E-state index is 6.67. The average Bonchev–Trinajstić information content (AvgIpc) is 4.02. The number of fused-ring (bicyclic) bond motifs is 9. The minimum absolute atomic E-state index is 0.844. The average molecular weight is 818 g/mol. The molecular formula is C60H39N3O. The summed E-state index contributed by atoms with van der Waals surface area (Å²) in [5, 5.41) is 7.19. The van der Waals surface area contributed by atoms with Crippen LogP contribution in [0, 0.1) is 0 Å². The highest BCUT2D eigenvalue weighted by atomic mass is 16.3. The van der Waals surface area contributed by atoms with E-state index < -0.39 is 0 Å². The van der Waals surface area contributed by atoms with Crippen molar-refractivity contribution in [3.8, 4) is 33.6 Å². The van der Waals surface area contributed by atoms with Gasteiger partial charge in [0.25, 0.3) is 0 Å². The monoisotopic (exact) mass is 817 g/mol. The van der Waals surface area contributed by atoms with E-state index >= 15 is 0 Å².